The van der Waals surface area contributed by atoms with E-state index in [1.807, 2.05) is 19.0 Å². The molecule has 3 aromatic rings. The molecule has 0 bridgehead atoms. The number of rotatable bonds is 7. The van der Waals surface area contributed by atoms with Crippen LogP contribution in [-0.2, 0) is 14.8 Å². The molecule has 7 nitrogen and oxygen atoms in total. The summed E-state index contributed by atoms with van der Waals surface area (Å²) >= 11 is 7.17. The summed E-state index contributed by atoms with van der Waals surface area (Å²) in [5.41, 5.74) is 0.258. The van der Waals surface area contributed by atoms with Gasteiger partial charge in [-0.05, 0) is 63.3 Å². The van der Waals surface area contributed by atoms with E-state index in [9.17, 15) is 17.6 Å². The second kappa shape index (κ2) is 10.2. The van der Waals surface area contributed by atoms with Gasteiger partial charge in [0, 0.05) is 37.1 Å². The fourth-order valence-electron chi connectivity index (χ4n) is 3.94. The Hall–Kier alpha value is -2.11. The zero-order chi connectivity index (χ0) is 24.5. The van der Waals surface area contributed by atoms with Gasteiger partial charge in [-0.3, -0.25) is 9.69 Å². The summed E-state index contributed by atoms with van der Waals surface area (Å²) in [6.07, 6.45) is 0.812. The third kappa shape index (κ3) is 5.26. The molecule has 1 fully saturated rings. The number of piperidine rings is 1. The number of likely N-dealkylation sites (N-methyl/N-ethyl adjacent to an activating group) is 1. The van der Waals surface area contributed by atoms with E-state index in [4.69, 9.17) is 11.6 Å². The fourth-order valence-corrected chi connectivity index (χ4v) is 6.55. The average molecular weight is 525 g/mol. The van der Waals surface area contributed by atoms with Crippen molar-refractivity contribution in [2.75, 3.05) is 45.2 Å². The zero-order valence-corrected chi connectivity index (χ0v) is 21.3. The highest BCUT2D eigenvalue weighted by molar-refractivity contribution is 7.89. The minimum atomic E-state index is -3.65. The first-order valence-electron chi connectivity index (χ1n) is 10.9. The van der Waals surface area contributed by atoms with E-state index >= 15 is 0 Å². The van der Waals surface area contributed by atoms with Crippen molar-refractivity contribution in [3.8, 4) is 0 Å². The van der Waals surface area contributed by atoms with Gasteiger partial charge in [0.15, 0.2) is 5.13 Å². The number of carbonyl (C=O) groups excluding carboxylic acids is 1. The minimum Gasteiger partial charge on any atom is -0.308 e. The molecule has 1 aliphatic rings. The second-order valence-corrected chi connectivity index (χ2v) is 11.9. The number of para-hydroxylation sites is 1. The lowest BCUT2D eigenvalue weighted by atomic mass is 9.96. The van der Waals surface area contributed by atoms with Crippen LogP contribution in [0.5, 0.6) is 0 Å². The molecular formula is C23H26ClFN4O3S2. The summed E-state index contributed by atoms with van der Waals surface area (Å²) in [6.45, 7) is 1.53. The van der Waals surface area contributed by atoms with Crippen molar-refractivity contribution in [2.24, 2.45) is 5.92 Å². The first-order chi connectivity index (χ1) is 16.2. The summed E-state index contributed by atoms with van der Waals surface area (Å²) in [5.74, 6) is -0.860. The molecule has 1 amide bonds. The number of sulfonamides is 1. The van der Waals surface area contributed by atoms with E-state index in [0.29, 0.717) is 40.8 Å². The first kappa shape index (κ1) is 25.0. The summed E-state index contributed by atoms with van der Waals surface area (Å²) in [4.78, 5) is 21.7. The van der Waals surface area contributed by atoms with Gasteiger partial charge in [-0.25, -0.2) is 17.8 Å². The predicted molar refractivity (Wildman–Crippen MR) is 133 cm³/mol. The largest absolute Gasteiger partial charge is 0.308 e. The highest BCUT2D eigenvalue weighted by Crippen LogP contribution is 2.33. The Morgan fingerprint density at radius 1 is 1.15 bits per heavy atom. The number of benzene rings is 2. The standard InChI is InChI=1S/C23H26ClFN4O3S2/c1-27(2)14-15-29(23-26-21-19(25)4-3-5-20(21)33-23)22(30)16-10-12-28(13-11-16)34(31,32)18-8-6-17(24)7-9-18/h3-9,16H,10-15H2,1-2H3. The molecule has 0 atom stereocenters. The summed E-state index contributed by atoms with van der Waals surface area (Å²) in [7, 11) is 0.182. The quantitative estimate of drug-likeness (QED) is 0.465. The van der Waals surface area contributed by atoms with Crippen molar-refractivity contribution in [1.29, 1.82) is 0 Å². The van der Waals surface area contributed by atoms with Crippen LogP contribution in [0.1, 0.15) is 12.8 Å². The number of carbonyl (C=O) groups is 1. The van der Waals surface area contributed by atoms with E-state index in [1.54, 1.807) is 29.2 Å². The molecular weight excluding hydrogens is 499 g/mol. The molecule has 1 aliphatic heterocycles. The second-order valence-electron chi connectivity index (χ2n) is 8.51. The maximum Gasteiger partial charge on any atom is 0.243 e. The number of nitrogens with zero attached hydrogens (tertiary/aromatic N) is 4. The smallest absolute Gasteiger partial charge is 0.243 e. The normalized spacial score (nSPS) is 15.8. The van der Waals surface area contributed by atoms with E-state index < -0.39 is 15.8 Å². The van der Waals surface area contributed by atoms with Crippen LogP contribution in [0.3, 0.4) is 0 Å². The van der Waals surface area contributed by atoms with Crippen molar-refractivity contribution in [3.63, 3.8) is 0 Å². The number of hydrogen-bond donors (Lipinski definition) is 0. The lowest BCUT2D eigenvalue weighted by Gasteiger charge is -2.33. The molecule has 0 N–H and O–H groups in total. The molecule has 0 radical (unpaired) electrons. The van der Waals surface area contributed by atoms with Gasteiger partial charge in [0.1, 0.15) is 11.3 Å². The van der Waals surface area contributed by atoms with E-state index in [2.05, 4.69) is 4.98 Å². The Labute approximate surface area is 207 Å². The number of anilines is 1. The van der Waals surface area contributed by atoms with Gasteiger partial charge in [-0.1, -0.05) is 29.0 Å². The first-order valence-corrected chi connectivity index (χ1v) is 13.6. The monoisotopic (exact) mass is 524 g/mol. The van der Waals surface area contributed by atoms with Crippen molar-refractivity contribution in [3.05, 3.63) is 53.3 Å². The maximum absolute atomic E-state index is 14.2. The predicted octanol–water partition coefficient (Wildman–Crippen LogP) is 4.08. The topological polar surface area (TPSA) is 73.8 Å². The molecule has 0 unspecified atom stereocenters. The Kier molecular flexibility index (Phi) is 7.54. The average Bonchev–Trinajstić information content (AvgIpc) is 3.24. The molecule has 2 aromatic carbocycles. The number of amides is 1. The van der Waals surface area contributed by atoms with E-state index in [1.165, 1.54) is 33.8 Å². The molecule has 182 valence electrons. The van der Waals surface area contributed by atoms with E-state index in [-0.39, 0.29) is 35.3 Å². The Bertz CT molecular complexity index is 1270. The van der Waals surface area contributed by atoms with Crippen LogP contribution in [0.2, 0.25) is 5.02 Å². The molecule has 11 heteroatoms. The Morgan fingerprint density at radius 2 is 1.82 bits per heavy atom. The van der Waals surface area contributed by atoms with Crippen LogP contribution in [0.15, 0.2) is 47.4 Å². The Balaban J connectivity index is 1.51. The lowest BCUT2D eigenvalue weighted by Crippen LogP contribution is -2.46. The van der Waals surface area contributed by atoms with Gasteiger partial charge in [-0.2, -0.15) is 4.31 Å². The van der Waals surface area contributed by atoms with E-state index in [0.717, 1.165) is 0 Å². The number of halogens is 2. The number of thiazole rings is 1. The number of fused-ring (bicyclic) bond motifs is 1. The summed E-state index contributed by atoms with van der Waals surface area (Å²) in [5, 5.41) is 0.930. The third-order valence-electron chi connectivity index (χ3n) is 5.88. The van der Waals surface area contributed by atoms with Gasteiger partial charge < -0.3 is 4.90 Å². The van der Waals surface area contributed by atoms with Crippen LogP contribution < -0.4 is 4.90 Å². The molecule has 0 saturated carbocycles. The molecule has 34 heavy (non-hydrogen) atoms. The van der Waals surface area contributed by atoms with Crippen molar-refractivity contribution >= 4 is 54.2 Å². The molecule has 1 saturated heterocycles. The Morgan fingerprint density at radius 3 is 2.44 bits per heavy atom. The summed E-state index contributed by atoms with van der Waals surface area (Å²) < 4.78 is 42.3. The highest BCUT2D eigenvalue weighted by Gasteiger charge is 2.35. The molecule has 0 aliphatic carbocycles. The highest BCUT2D eigenvalue weighted by atomic mass is 35.5. The van der Waals surface area contributed by atoms with Gasteiger partial charge in [0.25, 0.3) is 0 Å². The fraction of sp³-hybridized carbons (Fsp3) is 0.391. The van der Waals surface area contributed by atoms with Crippen molar-refractivity contribution < 1.29 is 17.6 Å². The molecule has 4 rings (SSSR count). The van der Waals surface area contributed by atoms with Crippen molar-refractivity contribution in [2.45, 2.75) is 17.7 Å². The molecule has 1 aromatic heterocycles. The summed E-state index contributed by atoms with van der Waals surface area (Å²) in [6, 6.07) is 10.8. The number of aromatic nitrogens is 1. The van der Waals surface area contributed by atoms with Crippen LogP contribution >= 0.6 is 22.9 Å². The minimum absolute atomic E-state index is 0.107. The van der Waals surface area contributed by atoms with Crippen LogP contribution in [0.4, 0.5) is 9.52 Å². The van der Waals surface area contributed by atoms with Gasteiger partial charge >= 0.3 is 0 Å². The third-order valence-corrected chi connectivity index (χ3v) is 9.09. The molecule has 2 heterocycles. The van der Waals surface area contributed by atoms with Crippen molar-refractivity contribution in [1.82, 2.24) is 14.2 Å². The van der Waals surface area contributed by atoms with Gasteiger partial charge in [0.05, 0.1) is 9.60 Å². The van der Waals surface area contributed by atoms with Gasteiger partial charge in [-0.15, -0.1) is 0 Å². The molecule has 0 spiro atoms. The number of hydrogen-bond acceptors (Lipinski definition) is 6. The van der Waals surface area contributed by atoms with Gasteiger partial charge in [0.2, 0.25) is 15.9 Å². The van der Waals surface area contributed by atoms with Crippen LogP contribution in [-0.4, -0.2) is 68.8 Å². The lowest BCUT2D eigenvalue weighted by molar-refractivity contribution is -0.123. The maximum atomic E-state index is 14.2. The zero-order valence-electron chi connectivity index (χ0n) is 18.9. The SMILES string of the molecule is CN(C)CCN(C(=O)C1CCN(S(=O)(=O)c2ccc(Cl)cc2)CC1)c1nc2c(F)cccc2s1. The van der Waals surface area contributed by atoms with Crippen LogP contribution in [0.25, 0.3) is 10.2 Å². The van der Waals surface area contributed by atoms with Crippen LogP contribution in [0, 0.1) is 11.7 Å².